The Balaban J connectivity index is 1.65. The number of hydrogen-bond acceptors (Lipinski definition) is 7. The summed E-state index contributed by atoms with van der Waals surface area (Å²) in [5.41, 5.74) is 0.716. The summed E-state index contributed by atoms with van der Waals surface area (Å²) in [5.74, 6) is 1.05. The molecule has 1 aliphatic heterocycles. The number of nitrogens with one attached hydrogen (secondary N) is 1. The highest BCUT2D eigenvalue weighted by atomic mass is 35.5. The first-order valence-electron chi connectivity index (χ1n) is 7.83. The second-order valence-electron chi connectivity index (χ2n) is 5.62. The van der Waals surface area contributed by atoms with Gasteiger partial charge in [-0.15, -0.1) is 0 Å². The highest BCUT2D eigenvalue weighted by molar-refractivity contribution is 6.35. The van der Waals surface area contributed by atoms with E-state index in [1.807, 2.05) is 4.90 Å². The molecule has 2 aromatic rings. The molecule has 1 aromatic carbocycles. The molecule has 2 heterocycles. The Hall–Kier alpha value is -1.96. The van der Waals surface area contributed by atoms with Crippen LogP contribution in [0.15, 0.2) is 35.8 Å². The van der Waals surface area contributed by atoms with Crippen molar-refractivity contribution in [1.82, 2.24) is 15.3 Å². The Labute approximate surface area is 155 Å². The number of nitroso groups, excluding NO2 is 1. The fourth-order valence-electron chi connectivity index (χ4n) is 2.52. The summed E-state index contributed by atoms with van der Waals surface area (Å²) in [6.07, 6.45) is 3.18. The van der Waals surface area contributed by atoms with Crippen LogP contribution in [-0.2, 0) is 6.61 Å². The molecule has 1 aromatic heterocycles. The zero-order chi connectivity index (χ0) is 17.6. The van der Waals surface area contributed by atoms with E-state index in [4.69, 9.17) is 27.9 Å². The van der Waals surface area contributed by atoms with Crippen LogP contribution in [0.2, 0.25) is 10.0 Å². The van der Waals surface area contributed by atoms with E-state index in [1.54, 1.807) is 30.6 Å². The molecule has 25 heavy (non-hydrogen) atoms. The van der Waals surface area contributed by atoms with Gasteiger partial charge in [-0.05, 0) is 12.1 Å². The van der Waals surface area contributed by atoms with Gasteiger partial charge in [-0.1, -0.05) is 34.4 Å². The van der Waals surface area contributed by atoms with Gasteiger partial charge in [0.2, 0.25) is 5.95 Å². The Morgan fingerprint density at radius 2 is 2.00 bits per heavy atom. The Morgan fingerprint density at radius 3 is 2.68 bits per heavy atom. The van der Waals surface area contributed by atoms with Crippen molar-refractivity contribution in [2.24, 2.45) is 5.18 Å². The third-order valence-electron chi connectivity index (χ3n) is 3.86. The van der Waals surface area contributed by atoms with Crippen molar-refractivity contribution in [2.75, 3.05) is 31.1 Å². The van der Waals surface area contributed by atoms with Gasteiger partial charge < -0.3 is 15.0 Å². The number of nitrogens with zero attached hydrogens (tertiary/aromatic N) is 4. The summed E-state index contributed by atoms with van der Waals surface area (Å²) in [5, 5.41) is 7.39. The highest BCUT2D eigenvalue weighted by Gasteiger charge is 2.20. The molecule has 1 N–H and O–H groups in total. The molecule has 0 amide bonds. The highest BCUT2D eigenvalue weighted by Crippen LogP contribution is 2.25. The maximum Gasteiger partial charge on any atom is 0.225 e. The summed E-state index contributed by atoms with van der Waals surface area (Å²) in [6.45, 7) is 2.75. The van der Waals surface area contributed by atoms with Crippen molar-refractivity contribution >= 4 is 29.2 Å². The predicted octanol–water partition coefficient (Wildman–Crippen LogP) is 2.91. The monoisotopic (exact) mass is 381 g/mol. The smallest absolute Gasteiger partial charge is 0.225 e. The average molecular weight is 382 g/mol. The first kappa shape index (κ1) is 17.8. The third-order valence-corrected chi connectivity index (χ3v) is 4.57. The lowest BCUT2D eigenvalue weighted by molar-refractivity contribution is 0.304. The summed E-state index contributed by atoms with van der Waals surface area (Å²) < 4.78 is 5.67. The third kappa shape index (κ3) is 4.56. The van der Waals surface area contributed by atoms with Gasteiger partial charge in [-0.25, -0.2) is 9.97 Å². The van der Waals surface area contributed by atoms with E-state index in [2.05, 4.69) is 20.5 Å². The second-order valence-corrected chi connectivity index (χ2v) is 6.43. The lowest BCUT2D eigenvalue weighted by atomic mass is 10.2. The average Bonchev–Trinajstić information content (AvgIpc) is 2.87. The Bertz CT molecular complexity index is 709. The SMILES string of the molecule is O=NC1CNCCN(c2ncc(OCc3c(Cl)cccc3Cl)cn2)C1. The maximum absolute atomic E-state index is 10.8. The molecule has 0 saturated carbocycles. The van der Waals surface area contributed by atoms with Crippen LogP contribution >= 0.6 is 23.2 Å². The van der Waals surface area contributed by atoms with Gasteiger partial charge in [-0.3, -0.25) is 0 Å². The number of anilines is 1. The minimum atomic E-state index is -0.315. The molecule has 1 fully saturated rings. The summed E-state index contributed by atoms with van der Waals surface area (Å²) >= 11 is 12.2. The van der Waals surface area contributed by atoms with Crippen LogP contribution in [0.25, 0.3) is 0 Å². The van der Waals surface area contributed by atoms with Crippen LogP contribution in [0.5, 0.6) is 5.75 Å². The normalized spacial score (nSPS) is 17.8. The molecule has 1 atom stereocenters. The van der Waals surface area contributed by atoms with E-state index in [9.17, 15) is 4.91 Å². The number of rotatable bonds is 5. The van der Waals surface area contributed by atoms with Crippen molar-refractivity contribution in [3.63, 3.8) is 0 Å². The topological polar surface area (TPSA) is 79.7 Å². The minimum absolute atomic E-state index is 0.228. The van der Waals surface area contributed by atoms with Gasteiger partial charge in [0.25, 0.3) is 0 Å². The van der Waals surface area contributed by atoms with Gasteiger partial charge in [-0.2, -0.15) is 4.91 Å². The summed E-state index contributed by atoms with van der Waals surface area (Å²) in [7, 11) is 0. The van der Waals surface area contributed by atoms with Crippen molar-refractivity contribution in [3.8, 4) is 5.75 Å². The fourth-order valence-corrected chi connectivity index (χ4v) is 3.02. The number of hydrogen-bond donors (Lipinski definition) is 1. The van der Waals surface area contributed by atoms with Crippen LogP contribution in [0.1, 0.15) is 5.56 Å². The van der Waals surface area contributed by atoms with Crippen LogP contribution in [-0.4, -0.2) is 42.2 Å². The molecule has 7 nitrogen and oxygen atoms in total. The van der Waals surface area contributed by atoms with Gasteiger partial charge in [0.15, 0.2) is 5.75 Å². The van der Waals surface area contributed by atoms with Gasteiger partial charge in [0.1, 0.15) is 12.6 Å². The summed E-state index contributed by atoms with van der Waals surface area (Å²) in [4.78, 5) is 21.4. The largest absolute Gasteiger partial charge is 0.486 e. The predicted molar refractivity (Wildman–Crippen MR) is 97.5 cm³/mol. The number of ether oxygens (including phenoxy) is 1. The molecule has 3 rings (SSSR count). The van der Waals surface area contributed by atoms with E-state index < -0.39 is 0 Å². The summed E-state index contributed by atoms with van der Waals surface area (Å²) in [6, 6.07) is 4.99. The lowest BCUT2D eigenvalue weighted by Crippen LogP contribution is -2.33. The zero-order valence-corrected chi connectivity index (χ0v) is 14.9. The molecule has 9 heteroatoms. The van der Waals surface area contributed by atoms with Crippen LogP contribution in [0.3, 0.4) is 0 Å². The molecule has 1 aliphatic rings. The van der Waals surface area contributed by atoms with E-state index in [0.29, 0.717) is 46.9 Å². The van der Waals surface area contributed by atoms with Crippen LogP contribution in [0.4, 0.5) is 5.95 Å². The molecular formula is C16H17Cl2N5O2. The van der Waals surface area contributed by atoms with Gasteiger partial charge >= 0.3 is 0 Å². The van der Waals surface area contributed by atoms with E-state index in [-0.39, 0.29) is 12.6 Å². The Morgan fingerprint density at radius 1 is 1.28 bits per heavy atom. The number of halogens is 2. The second kappa shape index (κ2) is 8.42. The lowest BCUT2D eigenvalue weighted by Gasteiger charge is -2.21. The number of benzene rings is 1. The molecule has 1 saturated heterocycles. The first-order valence-corrected chi connectivity index (χ1v) is 8.59. The molecule has 0 spiro atoms. The number of aromatic nitrogens is 2. The van der Waals surface area contributed by atoms with E-state index >= 15 is 0 Å². The zero-order valence-electron chi connectivity index (χ0n) is 13.4. The van der Waals surface area contributed by atoms with Crippen molar-refractivity contribution < 1.29 is 4.74 Å². The first-order chi connectivity index (χ1) is 12.2. The van der Waals surface area contributed by atoms with Crippen LogP contribution in [0, 0.1) is 4.91 Å². The standard InChI is InChI=1S/C16H17Cl2N5O2/c17-14-2-1-3-15(18)13(14)10-25-12-7-20-16(21-8-12)23-5-4-19-6-11(9-23)22-24/h1-3,7-8,11,19H,4-6,9-10H2. The molecule has 1 unspecified atom stereocenters. The molecule has 132 valence electrons. The quantitative estimate of drug-likeness (QED) is 0.802. The van der Waals surface area contributed by atoms with Crippen molar-refractivity contribution in [2.45, 2.75) is 12.6 Å². The van der Waals surface area contributed by atoms with E-state index in [0.717, 1.165) is 6.54 Å². The van der Waals surface area contributed by atoms with Crippen LogP contribution < -0.4 is 15.0 Å². The molecule has 0 radical (unpaired) electrons. The molecule has 0 aliphatic carbocycles. The molecule has 0 bridgehead atoms. The van der Waals surface area contributed by atoms with Gasteiger partial charge in [0, 0.05) is 41.8 Å². The minimum Gasteiger partial charge on any atom is -0.486 e. The van der Waals surface area contributed by atoms with Gasteiger partial charge in [0.05, 0.1) is 12.4 Å². The van der Waals surface area contributed by atoms with Crippen molar-refractivity contribution in [3.05, 3.63) is 51.1 Å². The maximum atomic E-state index is 10.8. The fraction of sp³-hybridized carbons (Fsp3) is 0.375. The van der Waals surface area contributed by atoms with Crippen molar-refractivity contribution in [1.29, 1.82) is 0 Å². The Kier molecular flexibility index (Phi) is 6.01. The van der Waals surface area contributed by atoms with E-state index in [1.165, 1.54) is 0 Å². The molecular weight excluding hydrogens is 365 g/mol.